The standard InChI is InChI=1S/C13H9ClN2O2/c1-17-11-4-2-3-5-12(11)18-10-6-9(8-15)16-13(14)7-10/h2-7H,1H3. The van der Waals surface area contributed by atoms with Crippen LogP contribution in [0.3, 0.4) is 0 Å². The van der Waals surface area contributed by atoms with Crippen molar-refractivity contribution in [3.05, 3.63) is 47.2 Å². The molecule has 1 aromatic carbocycles. The molecule has 0 unspecified atom stereocenters. The monoisotopic (exact) mass is 260 g/mol. The molecule has 0 aliphatic rings. The number of nitriles is 1. The maximum absolute atomic E-state index is 8.80. The molecule has 0 fully saturated rings. The zero-order valence-corrected chi connectivity index (χ0v) is 10.3. The summed E-state index contributed by atoms with van der Waals surface area (Å²) < 4.78 is 10.8. The van der Waals surface area contributed by atoms with E-state index >= 15 is 0 Å². The number of hydrogen-bond acceptors (Lipinski definition) is 4. The first kappa shape index (κ1) is 12.2. The number of para-hydroxylation sites is 2. The molecule has 2 aromatic rings. The van der Waals surface area contributed by atoms with Crippen molar-refractivity contribution in [2.24, 2.45) is 0 Å². The van der Waals surface area contributed by atoms with Crippen molar-refractivity contribution in [3.8, 4) is 23.3 Å². The third-order valence-corrected chi connectivity index (χ3v) is 2.37. The summed E-state index contributed by atoms with van der Waals surface area (Å²) in [5, 5.41) is 9.01. The molecule has 1 aromatic heterocycles. The first-order valence-corrected chi connectivity index (χ1v) is 5.49. The van der Waals surface area contributed by atoms with Gasteiger partial charge in [-0.1, -0.05) is 23.7 Å². The molecule has 0 bridgehead atoms. The zero-order valence-electron chi connectivity index (χ0n) is 9.55. The van der Waals surface area contributed by atoms with Crippen LogP contribution in [0.1, 0.15) is 5.69 Å². The quantitative estimate of drug-likeness (QED) is 0.794. The molecule has 18 heavy (non-hydrogen) atoms. The van der Waals surface area contributed by atoms with E-state index in [0.717, 1.165) is 0 Å². The van der Waals surface area contributed by atoms with E-state index in [1.165, 1.54) is 12.1 Å². The van der Waals surface area contributed by atoms with E-state index in [1.807, 2.05) is 18.2 Å². The Hall–Kier alpha value is -2.25. The van der Waals surface area contributed by atoms with Crippen LogP contribution in [0.25, 0.3) is 0 Å². The Balaban J connectivity index is 2.34. The number of hydrogen-bond donors (Lipinski definition) is 0. The van der Waals surface area contributed by atoms with Gasteiger partial charge in [0.15, 0.2) is 11.5 Å². The lowest BCUT2D eigenvalue weighted by molar-refractivity contribution is 0.378. The maximum atomic E-state index is 8.80. The summed E-state index contributed by atoms with van der Waals surface area (Å²) >= 11 is 5.80. The van der Waals surface area contributed by atoms with Crippen molar-refractivity contribution in [1.29, 1.82) is 5.26 Å². The summed E-state index contributed by atoms with van der Waals surface area (Å²) in [5.74, 6) is 1.59. The molecular formula is C13H9ClN2O2. The van der Waals surface area contributed by atoms with Gasteiger partial charge in [0.05, 0.1) is 7.11 Å². The predicted octanol–water partition coefficient (Wildman–Crippen LogP) is 3.41. The SMILES string of the molecule is COc1ccccc1Oc1cc(Cl)nc(C#N)c1. The van der Waals surface area contributed by atoms with Crippen molar-refractivity contribution in [1.82, 2.24) is 4.98 Å². The summed E-state index contributed by atoms with van der Waals surface area (Å²) in [6.45, 7) is 0. The lowest BCUT2D eigenvalue weighted by Crippen LogP contribution is -1.91. The number of nitrogens with zero attached hydrogens (tertiary/aromatic N) is 2. The number of pyridine rings is 1. The van der Waals surface area contributed by atoms with Gasteiger partial charge in [0.2, 0.25) is 0 Å². The number of rotatable bonds is 3. The van der Waals surface area contributed by atoms with Crippen LogP contribution in [0.4, 0.5) is 0 Å². The Labute approximate surface area is 109 Å². The van der Waals surface area contributed by atoms with Crippen LogP contribution in [0.15, 0.2) is 36.4 Å². The molecule has 4 nitrogen and oxygen atoms in total. The highest BCUT2D eigenvalue weighted by molar-refractivity contribution is 6.29. The highest BCUT2D eigenvalue weighted by Crippen LogP contribution is 2.31. The van der Waals surface area contributed by atoms with Gasteiger partial charge in [-0.15, -0.1) is 0 Å². The fourth-order valence-corrected chi connectivity index (χ4v) is 1.62. The number of methoxy groups -OCH3 is 1. The van der Waals surface area contributed by atoms with Crippen LogP contribution in [-0.4, -0.2) is 12.1 Å². The summed E-state index contributed by atoms with van der Waals surface area (Å²) in [4.78, 5) is 3.83. The Kier molecular flexibility index (Phi) is 3.66. The second-order valence-electron chi connectivity index (χ2n) is 3.38. The lowest BCUT2D eigenvalue weighted by Gasteiger charge is -2.09. The Morgan fingerprint density at radius 1 is 1.22 bits per heavy atom. The fraction of sp³-hybridized carbons (Fsp3) is 0.0769. The molecule has 0 N–H and O–H groups in total. The van der Waals surface area contributed by atoms with Gasteiger partial charge in [-0.25, -0.2) is 4.98 Å². The zero-order chi connectivity index (χ0) is 13.0. The van der Waals surface area contributed by atoms with E-state index in [-0.39, 0.29) is 10.8 Å². The third kappa shape index (κ3) is 2.70. The molecule has 2 rings (SSSR count). The van der Waals surface area contributed by atoms with Crippen LogP contribution < -0.4 is 9.47 Å². The van der Waals surface area contributed by atoms with Gasteiger partial charge in [0.1, 0.15) is 22.7 Å². The molecular weight excluding hydrogens is 252 g/mol. The molecule has 0 radical (unpaired) electrons. The van der Waals surface area contributed by atoms with E-state index in [2.05, 4.69) is 4.98 Å². The predicted molar refractivity (Wildman–Crippen MR) is 67.0 cm³/mol. The van der Waals surface area contributed by atoms with Crippen molar-refractivity contribution >= 4 is 11.6 Å². The largest absolute Gasteiger partial charge is 0.493 e. The van der Waals surface area contributed by atoms with Crippen LogP contribution >= 0.6 is 11.6 Å². The highest BCUT2D eigenvalue weighted by atomic mass is 35.5. The van der Waals surface area contributed by atoms with Crippen molar-refractivity contribution < 1.29 is 9.47 Å². The number of benzene rings is 1. The van der Waals surface area contributed by atoms with Crippen molar-refractivity contribution in [2.45, 2.75) is 0 Å². The minimum Gasteiger partial charge on any atom is -0.493 e. The second kappa shape index (κ2) is 5.39. The molecule has 0 spiro atoms. The molecule has 0 aliphatic heterocycles. The van der Waals surface area contributed by atoms with E-state index in [9.17, 15) is 0 Å². The number of ether oxygens (including phenoxy) is 2. The van der Waals surface area contributed by atoms with Crippen LogP contribution in [0, 0.1) is 11.3 Å². The average molecular weight is 261 g/mol. The maximum Gasteiger partial charge on any atom is 0.169 e. The Morgan fingerprint density at radius 3 is 2.61 bits per heavy atom. The summed E-state index contributed by atoms with van der Waals surface area (Å²) in [7, 11) is 1.56. The van der Waals surface area contributed by atoms with Crippen LogP contribution in [0.2, 0.25) is 5.15 Å². The molecule has 0 saturated heterocycles. The second-order valence-corrected chi connectivity index (χ2v) is 3.76. The van der Waals surface area contributed by atoms with Crippen molar-refractivity contribution in [3.63, 3.8) is 0 Å². The van der Waals surface area contributed by atoms with Gasteiger partial charge in [-0.05, 0) is 12.1 Å². The normalized spacial score (nSPS) is 9.61. The first-order chi connectivity index (χ1) is 8.72. The lowest BCUT2D eigenvalue weighted by atomic mass is 10.3. The van der Waals surface area contributed by atoms with E-state index in [0.29, 0.717) is 17.2 Å². The topological polar surface area (TPSA) is 55.1 Å². The molecule has 0 saturated carbocycles. The number of aromatic nitrogens is 1. The molecule has 0 atom stereocenters. The molecule has 90 valence electrons. The smallest absolute Gasteiger partial charge is 0.169 e. The first-order valence-electron chi connectivity index (χ1n) is 5.11. The molecule has 5 heteroatoms. The fourth-order valence-electron chi connectivity index (χ4n) is 1.42. The van der Waals surface area contributed by atoms with Gasteiger partial charge >= 0.3 is 0 Å². The van der Waals surface area contributed by atoms with Gasteiger partial charge in [0.25, 0.3) is 0 Å². The van der Waals surface area contributed by atoms with E-state index < -0.39 is 0 Å². The van der Waals surface area contributed by atoms with Gasteiger partial charge in [0, 0.05) is 12.1 Å². The van der Waals surface area contributed by atoms with Gasteiger partial charge < -0.3 is 9.47 Å². The summed E-state index contributed by atoms with van der Waals surface area (Å²) in [6, 6.07) is 12.2. The Morgan fingerprint density at radius 2 is 1.94 bits per heavy atom. The van der Waals surface area contributed by atoms with Crippen LogP contribution in [-0.2, 0) is 0 Å². The summed E-state index contributed by atoms with van der Waals surface area (Å²) in [5.41, 5.74) is 0.201. The van der Waals surface area contributed by atoms with Crippen LogP contribution in [0.5, 0.6) is 17.2 Å². The Bertz CT molecular complexity index is 608. The van der Waals surface area contributed by atoms with Gasteiger partial charge in [-0.2, -0.15) is 5.26 Å². The molecule has 0 amide bonds. The van der Waals surface area contributed by atoms with Gasteiger partial charge in [-0.3, -0.25) is 0 Å². The third-order valence-electron chi connectivity index (χ3n) is 2.18. The molecule has 1 heterocycles. The summed E-state index contributed by atoms with van der Waals surface area (Å²) in [6.07, 6.45) is 0. The average Bonchev–Trinajstić information content (AvgIpc) is 2.38. The minimum atomic E-state index is 0.201. The highest BCUT2D eigenvalue weighted by Gasteiger charge is 2.07. The molecule has 0 aliphatic carbocycles. The van der Waals surface area contributed by atoms with Crippen molar-refractivity contribution in [2.75, 3.05) is 7.11 Å². The van der Waals surface area contributed by atoms with E-state index in [1.54, 1.807) is 19.2 Å². The minimum absolute atomic E-state index is 0.201. The number of halogens is 1. The van der Waals surface area contributed by atoms with E-state index in [4.69, 9.17) is 26.3 Å².